The number of carbonyl (C=O) groups is 2. The molecule has 0 fully saturated rings. The Morgan fingerprint density at radius 3 is 2.59 bits per heavy atom. The Balaban J connectivity index is 1.74. The van der Waals surface area contributed by atoms with Gasteiger partial charge in [0.25, 0.3) is 0 Å². The van der Waals surface area contributed by atoms with Crippen LogP contribution in [-0.4, -0.2) is 33.0 Å². The topological polar surface area (TPSA) is 85.8 Å². The molecule has 0 spiro atoms. The molecule has 3 aromatic rings. The van der Waals surface area contributed by atoms with Crippen molar-refractivity contribution in [2.45, 2.75) is 52.1 Å². The zero-order chi connectivity index (χ0) is 24.7. The number of benzene rings is 1. The molecule has 0 radical (unpaired) electrons. The minimum Gasteiger partial charge on any atom is -0.481 e. The number of pyridine rings is 1. The van der Waals surface area contributed by atoms with Gasteiger partial charge in [-0.05, 0) is 43.7 Å². The van der Waals surface area contributed by atoms with Crippen molar-refractivity contribution in [3.63, 3.8) is 0 Å². The lowest BCUT2D eigenvalue weighted by Crippen LogP contribution is -2.12. The number of hydrogen-bond donors (Lipinski definition) is 1. The molecule has 3 rings (SSSR count). The van der Waals surface area contributed by atoms with Gasteiger partial charge < -0.3 is 14.4 Å². The average Bonchev–Trinajstić information content (AvgIpc) is 3.09. The Morgan fingerprint density at radius 2 is 1.91 bits per heavy atom. The molecule has 2 heterocycles. The number of fused-ring (bicyclic) bond motifs is 1. The molecule has 0 unspecified atom stereocenters. The van der Waals surface area contributed by atoms with Crippen LogP contribution in [-0.2, 0) is 23.0 Å². The van der Waals surface area contributed by atoms with Gasteiger partial charge in [-0.3, -0.25) is 9.59 Å². The Kier molecular flexibility index (Phi) is 8.55. The molecule has 178 valence electrons. The van der Waals surface area contributed by atoms with E-state index in [9.17, 15) is 9.59 Å². The van der Waals surface area contributed by atoms with Gasteiger partial charge in [0.1, 0.15) is 5.65 Å². The molecule has 0 aliphatic rings. The summed E-state index contributed by atoms with van der Waals surface area (Å²) in [4.78, 5) is 32.2. The first-order valence-corrected chi connectivity index (χ1v) is 11.6. The van der Waals surface area contributed by atoms with Crippen LogP contribution >= 0.6 is 0 Å². The highest BCUT2D eigenvalue weighted by Gasteiger charge is 2.24. The smallest absolute Gasteiger partial charge is 0.303 e. The van der Waals surface area contributed by atoms with Crippen LogP contribution in [0.3, 0.4) is 0 Å². The van der Waals surface area contributed by atoms with E-state index >= 15 is 0 Å². The first kappa shape index (κ1) is 25.1. The summed E-state index contributed by atoms with van der Waals surface area (Å²) >= 11 is 0. The number of carboxylic acid groups (broad SMARTS) is 1. The Morgan fingerprint density at radius 1 is 1.18 bits per heavy atom. The van der Waals surface area contributed by atoms with E-state index in [1.54, 1.807) is 13.0 Å². The van der Waals surface area contributed by atoms with E-state index < -0.39 is 5.97 Å². The highest BCUT2D eigenvalue weighted by Crippen LogP contribution is 2.30. The molecule has 0 aliphatic carbocycles. The van der Waals surface area contributed by atoms with E-state index in [1.165, 1.54) is 6.20 Å². The molecule has 2 atom stereocenters. The van der Waals surface area contributed by atoms with E-state index in [2.05, 4.69) is 9.83 Å². The van der Waals surface area contributed by atoms with Crippen molar-refractivity contribution in [1.29, 1.82) is 0 Å². The molecule has 0 bridgehead atoms. The number of hydrogen-bond acceptors (Lipinski definition) is 4. The summed E-state index contributed by atoms with van der Waals surface area (Å²) in [6.45, 7) is 11.7. The summed E-state index contributed by atoms with van der Waals surface area (Å²) in [5.41, 5.74) is 3.60. The maximum Gasteiger partial charge on any atom is 0.303 e. The summed E-state index contributed by atoms with van der Waals surface area (Å²) in [6.07, 6.45) is 3.93. The molecule has 1 aromatic carbocycles. The summed E-state index contributed by atoms with van der Waals surface area (Å²) < 4.78 is 7.90. The quantitative estimate of drug-likeness (QED) is 0.206. The van der Waals surface area contributed by atoms with Crippen LogP contribution < -0.4 is 0 Å². The second-order valence-electron chi connectivity index (χ2n) is 8.77. The van der Waals surface area contributed by atoms with Crippen LogP contribution in [0.25, 0.3) is 15.9 Å². The minimum atomic E-state index is -0.917. The fourth-order valence-electron chi connectivity index (χ4n) is 4.28. The number of carboxylic acids is 1. The number of ketones is 1. The lowest BCUT2D eigenvalue weighted by atomic mass is 9.94. The number of carbonyl (C=O) groups excluding carboxylic acids is 1. The zero-order valence-corrected chi connectivity index (χ0v) is 20.0. The van der Waals surface area contributed by atoms with Gasteiger partial charge in [-0.15, -0.1) is 0 Å². The van der Waals surface area contributed by atoms with Gasteiger partial charge in [0.2, 0.25) is 5.69 Å². The van der Waals surface area contributed by atoms with Crippen LogP contribution in [0, 0.1) is 12.5 Å². The molecule has 1 N–H and O–H groups in total. The van der Waals surface area contributed by atoms with Crippen LogP contribution in [0.5, 0.6) is 0 Å². The van der Waals surface area contributed by atoms with Gasteiger partial charge in [0, 0.05) is 49.3 Å². The molecular weight excluding hydrogens is 430 g/mol. The maximum atomic E-state index is 13.3. The summed E-state index contributed by atoms with van der Waals surface area (Å²) in [5.74, 6) is -1.30. The van der Waals surface area contributed by atoms with Gasteiger partial charge in [-0.1, -0.05) is 37.3 Å². The van der Waals surface area contributed by atoms with Crippen molar-refractivity contribution in [2.24, 2.45) is 13.0 Å². The average molecular weight is 462 g/mol. The van der Waals surface area contributed by atoms with Crippen LogP contribution in [0.4, 0.5) is 5.69 Å². The number of unbranched alkanes of at least 4 members (excludes halogenated alkanes) is 1. The van der Waals surface area contributed by atoms with Crippen molar-refractivity contribution in [2.75, 3.05) is 6.61 Å². The molecule has 0 amide bonds. The van der Waals surface area contributed by atoms with E-state index in [1.807, 2.05) is 48.9 Å². The lowest BCUT2D eigenvalue weighted by molar-refractivity contribution is -0.137. The van der Waals surface area contributed by atoms with E-state index in [-0.39, 0.29) is 30.6 Å². The van der Waals surface area contributed by atoms with Crippen molar-refractivity contribution < 1.29 is 19.4 Å². The van der Waals surface area contributed by atoms with Crippen molar-refractivity contribution in [3.8, 4) is 0 Å². The highest BCUT2D eigenvalue weighted by molar-refractivity contribution is 6.09. The summed E-state index contributed by atoms with van der Waals surface area (Å²) in [5, 5.41) is 9.73. The van der Waals surface area contributed by atoms with Crippen LogP contribution in [0.1, 0.15) is 67.3 Å². The normalized spacial score (nSPS) is 12.9. The summed E-state index contributed by atoms with van der Waals surface area (Å²) in [7, 11) is 1.88. The Bertz CT molecular complexity index is 1190. The third kappa shape index (κ3) is 6.09. The zero-order valence-electron chi connectivity index (χ0n) is 20.0. The first-order chi connectivity index (χ1) is 16.3. The largest absolute Gasteiger partial charge is 0.481 e. The second kappa shape index (κ2) is 11.6. The first-order valence-electron chi connectivity index (χ1n) is 11.6. The predicted octanol–water partition coefficient (Wildman–Crippen LogP) is 5.91. The third-order valence-corrected chi connectivity index (χ3v) is 6.04. The van der Waals surface area contributed by atoms with Gasteiger partial charge in [0.15, 0.2) is 5.78 Å². The molecule has 7 heteroatoms. The fourth-order valence-corrected chi connectivity index (χ4v) is 4.28. The Labute approximate surface area is 200 Å². The number of ether oxygens (including phenoxy) is 1. The number of aliphatic carboxylic acids is 1. The van der Waals surface area contributed by atoms with E-state index in [4.69, 9.17) is 16.4 Å². The molecule has 7 nitrogen and oxygen atoms in total. The standard InChI is InChI=1S/C27H31N3O4/c1-18(15-25(32)33)14-24(31)26-22-16-21(28-3)17-29-27(22)30(4)23(26)12-8-9-13-34-19(2)20-10-6-5-7-11-20/h5-7,10-11,16-19H,8-9,12-15H2,1-2,4H3,(H,32,33)/t18-,19+/m1/s1. The number of aromatic nitrogens is 2. The van der Waals surface area contributed by atoms with Crippen molar-refractivity contribution in [1.82, 2.24) is 9.55 Å². The number of Topliss-reactive ketones (excluding diaryl/α,β-unsaturated/α-hetero) is 1. The molecule has 0 saturated carbocycles. The minimum absolute atomic E-state index is 0.0166. The lowest BCUT2D eigenvalue weighted by Gasteiger charge is -2.14. The SMILES string of the molecule is [C-]#[N+]c1cnc2c(c1)c(C(=O)C[C@@H](C)CC(=O)O)c(CCCCO[C@@H](C)c1ccccc1)n2C. The molecular formula is C27H31N3O4. The van der Waals surface area contributed by atoms with Gasteiger partial charge >= 0.3 is 5.97 Å². The number of rotatable bonds is 12. The Hall–Kier alpha value is -3.50. The van der Waals surface area contributed by atoms with E-state index in [0.717, 1.165) is 24.1 Å². The fraction of sp³-hybridized carbons (Fsp3) is 0.407. The van der Waals surface area contributed by atoms with Crippen molar-refractivity contribution in [3.05, 3.63) is 70.8 Å². The monoisotopic (exact) mass is 461 g/mol. The van der Waals surface area contributed by atoms with E-state index in [0.29, 0.717) is 35.3 Å². The van der Waals surface area contributed by atoms with Gasteiger partial charge in [-0.2, -0.15) is 0 Å². The van der Waals surface area contributed by atoms with Crippen LogP contribution in [0.2, 0.25) is 0 Å². The summed E-state index contributed by atoms with van der Waals surface area (Å²) in [6, 6.07) is 11.8. The third-order valence-electron chi connectivity index (χ3n) is 6.04. The molecule has 0 aliphatic heterocycles. The molecule has 2 aromatic heterocycles. The van der Waals surface area contributed by atoms with Crippen LogP contribution in [0.15, 0.2) is 42.6 Å². The second-order valence-corrected chi connectivity index (χ2v) is 8.77. The molecule has 0 saturated heterocycles. The highest BCUT2D eigenvalue weighted by atomic mass is 16.5. The molecule has 34 heavy (non-hydrogen) atoms. The number of nitrogens with zero attached hydrogens (tertiary/aromatic N) is 3. The van der Waals surface area contributed by atoms with Gasteiger partial charge in [-0.25, -0.2) is 9.83 Å². The number of aryl methyl sites for hydroxylation is 1. The maximum absolute atomic E-state index is 13.3. The van der Waals surface area contributed by atoms with Gasteiger partial charge in [0.05, 0.1) is 12.7 Å². The predicted molar refractivity (Wildman–Crippen MR) is 131 cm³/mol. The van der Waals surface area contributed by atoms with Crippen molar-refractivity contribution >= 4 is 28.5 Å².